The molecule has 1 aromatic carbocycles. The normalized spacial score (nSPS) is 22.1. The van der Waals surface area contributed by atoms with Gasteiger partial charge in [0.2, 0.25) is 0 Å². The lowest BCUT2D eigenvalue weighted by Crippen LogP contribution is -2.46. The SMILES string of the molecule is CN1CC[C@H](F)[C@H]1COc1nc(N2CC3CCN(C(=O)OC(C)(C)C)CC2C3)c2c3c(c(-c4ncc(F)c5sc(NC(=O)OC(C)(C)C)c(C#N)c45)c(F)c2n1)COC3. The molecule has 0 saturated carbocycles. The first-order valence-electron chi connectivity index (χ1n) is 19.8. The molecule has 59 heavy (non-hydrogen) atoms. The third-order valence-corrected chi connectivity index (χ3v) is 12.3. The number of nitrogens with one attached hydrogen (secondary N) is 1. The van der Waals surface area contributed by atoms with Crippen LogP contribution in [0.2, 0.25) is 0 Å². The number of hydrogen-bond acceptors (Lipinski definition) is 13. The molecule has 3 aromatic heterocycles. The molecule has 2 unspecified atom stereocenters. The Balaban J connectivity index is 1.29. The molecular formula is C41H47F3N8O6S. The van der Waals surface area contributed by atoms with Gasteiger partial charge in [0.05, 0.1) is 46.8 Å². The maximum atomic E-state index is 17.8. The number of hydrogen-bond donors (Lipinski definition) is 1. The van der Waals surface area contributed by atoms with Crippen molar-refractivity contribution >= 4 is 55.3 Å². The largest absolute Gasteiger partial charge is 0.462 e. The Bertz CT molecular complexity index is 2380. The predicted molar refractivity (Wildman–Crippen MR) is 214 cm³/mol. The Hall–Kier alpha value is -4.99. The molecule has 0 spiro atoms. The van der Waals surface area contributed by atoms with Crippen LogP contribution in [-0.4, -0.2) is 106 Å². The summed E-state index contributed by atoms with van der Waals surface area (Å²) < 4.78 is 71.5. The number of carbonyl (C=O) groups is 2. The van der Waals surface area contributed by atoms with Crippen molar-refractivity contribution in [3.8, 4) is 23.3 Å². The van der Waals surface area contributed by atoms with E-state index >= 15 is 8.78 Å². The van der Waals surface area contributed by atoms with E-state index in [2.05, 4.69) is 26.3 Å². The highest BCUT2D eigenvalue weighted by Crippen LogP contribution is 2.48. The molecule has 3 saturated heterocycles. The average molecular weight is 837 g/mol. The van der Waals surface area contributed by atoms with Gasteiger partial charge in [-0.15, -0.1) is 11.3 Å². The molecule has 2 amide bonds. The number of halogens is 3. The number of nitriles is 1. The minimum Gasteiger partial charge on any atom is -0.462 e. The molecule has 14 nitrogen and oxygen atoms in total. The smallest absolute Gasteiger partial charge is 0.412 e. The fourth-order valence-electron chi connectivity index (χ4n) is 8.55. The summed E-state index contributed by atoms with van der Waals surface area (Å²) in [6.07, 6.45) is 0.383. The topological polar surface area (TPSA) is 155 Å². The first-order valence-corrected chi connectivity index (χ1v) is 20.6. The number of amides is 2. The van der Waals surface area contributed by atoms with E-state index in [4.69, 9.17) is 23.9 Å². The number of benzene rings is 1. The van der Waals surface area contributed by atoms with Gasteiger partial charge in [-0.25, -0.2) is 22.8 Å². The van der Waals surface area contributed by atoms with E-state index in [-0.39, 0.29) is 75.2 Å². The van der Waals surface area contributed by atoms with Crippen LogP contribution in [0.15, 0.2) is 6.20 Å². The van der Waals surface area contributed by atoms with E-state index < -0.39 is 47.2 Å². The van der Waals surface area contributed by atoms with Crippen LogP contribution in [0.4, 0.5) is 33.6 Å². The molecule has 2 bridgehead atoms. The lowest BCUT2D eigenvalue weighted by atomic mass is 9.93. The number of anilines is 2. The number of alkyl halides is 1. The van der Waals surface area contributed by atoms with Gasteiger partial charge in [0.1, 0.15) is 46.4 Å². The van der Waals surface area contributed by atoms with Gasteiger partial charge in [0, 0.05) is 43.2 Å². The van der Waals surface area contributed by atoms with Gasteiger partial charge < -0.3 is 28.7 Å². The summed E-state index contributed by atoms with van der Waals surface area (Å²) in [5, 5.41) is 13.4. The maximum absolute atomic E-state index is 17.8. The van der Waals surface area contributed by atoms with Crippen molar-refractivity contribution < 1.29 is 41.7 Å². The van der Waals surface area contributed by atoms with Crippen LogP contribution in [0.3, 0.4) is 0 Å². The Kier molecular flexibility index (Phi) is 10.5. The van der Waals surface area contributed by atoms with Crippen LogP contribution in [0.25, 0.3) is 32.2 Å². The van der Waals surface area contributed by atoms with Gasteiger partial charge in [-0.3, -0.25) is 15.2 Å². The highest BCUT2D eigenvalue weighted by atomic mass is 32.1. The minimum atomic E-state index is -1.13. The second-order valence-electron chi connectivity index (χ2n) is 17.7. The van der Waals surface area contributed by atoms with E-state index in [9.17, 15) is 19.2 Å². The molecule has 1 N–H and O–H groups in total. The predicted octanol–water partition coefficient (Wildman–Crippen LogP) is 7.69. The number of nitrogens with zero attached hydrogens (tertiary/aromatic N) is 7. The summed E-state index contributed by atoms with van der Waals surface area (Å²) in [4.78, 5) is 45.7. The van der Waals surface area contributed by atoms with Crippen molar-refractivity contribution in [1.29, 1.82) is 5.26 Å². The molecule has 0 radical (unpaired) electrons. The number of thiophene rings is 1. The van der Waals surface area contributed by atoms with Gasteiger partial charge in [0.25, 0.3) is 0 Å². The van der Waals surface area contributed by atoms with Crippen LogP contribution < -0.4 is 15.0 Å². The lowest BCUT2D eigenvalue weighted by molar-refractivity contribution is 0.0242. The molecule has 7 heterocycles. The van der Waals surface area contributed by atoms with E-state index in [0.29, 0.717) is 54.9 Å². The Morgan fingerprint density at radius 2 is 1.78 bits per heavy atom. The van der Waals surface area contributed by atoms with Gasteiger partial charge >= 0.3 is 18.2 Å². The second kappa shape index (κ2) is 15.2. The number of pyridine rings is 1. The number of rotatable bonds is 6. The second-order valence-corrected chi connectivity index (χ2v) is 18.7. The fourth-order valence-corrected chi connectivity index (χ4v) is 9.59. The molecule has 18 heteroatoms. The molecule has 4 atom stereocenters. The highest BCUT2D eigenvalue weighted by molar-refractivity contribution is 7.23. The first-order chi connectivity index (χ1) is 27.9. The number of fused-ring (bicyclic) bond motifs is 6. The number of carbonyl (C=O) groups excluding carboxylic acids is 2. The van der Waals surface area contributed by atoms with Crippen molar-refractivity contribution in [1.82, 2.24) is 24.8 Å². The van der Waals surface area contributed by atoms with Gasteiger partial charge in [-0.1, -0.05) is 0 Å². The molecule has 4 aliphatic rings. The zero-order chi connectivity index (χ0) is 42.1. The van der Waals surface area contributed by atoms with Crippen molar-refractivity contribution in [2.24, 2.45) is 5.92 Å². The third-order valence-electron chi connectivity index (χ3n) is 11.2. The summed E-state index contributed by atoms with van der Waals surface area (Å²) in [5.74, 6) is -1.01. The zero-order valence-corrected chi connectivity index (χ0v) is 34.9. The summed E-state index contributed by atoms with van der Waals surface area (Å²) in [6, 6.07) is 1.12. The van der Waals surface area contributed by atoms with E-state index in [1.165, 1.54) is 0 Å². The number of likely N-dealkylation sites (tertiary alicyclic amines) is 2. The summed E-state index contributed by atoms with van der Waals surface area (Å²) in [7, 11) is 1.81. The minimum absolute atomic E-state index is 0.00624. The summed E-state index contributed by atoms with van der Waals surface area (Å²) >= 11 is 0.810. The van der Waals surface area contributed by atoms with Gasteiger partial charge in [-0.2, -0.15) is 15.2 Å². The molecule has 8 rings (SSSR count). The monoisotopic (exact) mass is 836 g/mol. The standard InChI is InChI=1S/C41H47F3N8O6S/c1-40(2,3)57-38(53)49-36-22(13-45)29-32(46-14-26(43)34(29)59-36)28-23-17-55-18-24(23)30-33(31(28)44)47-37(56-19-27-25(42)9-10-50(27)7)48-35(30)52-15-20-8-11-51(16-21(52)12-20)39(54)58-41(4,5)6/h14,20-21,25,27H,8-12,15-19H2,1-7H3,(H,49,53)/t20?,21?,25-,27+/m0/s1. The van der Waals surface area contributed by atoms with Crippen LogP contribution in [0, 0.1) is 28.9 Å². The third kappa shape index (κ3) is 7.80. The van der Waals surface area contributed by atoms with Crippen molar-refractivity contribution in [2.75, 3.05) is 50.1 Å². The lowest BCUT2D eigenvalue weighted by Gasteiger charge is -2.34. The highest BCUT2D eigenvalue weighted by Gasteiger charge is 2.42. The van der Waals surface area contributed by atoms with E-state index in [1.54, 1.807) is 25.7 Å². The maximum Gasteiger partial charge on any atom is 0.412 e. The Morgan fingerprint density at radius 3 is 2.47 bits per heavy atom. The average Bonchev–Trinajstić information content (AvgIpc) is 3.90. The summed E-state index contributed by atoms with van der Waals surface area (Å²) in [6.45, 7) is 12.4. The van der Waals surface area contributed by atoms with Crippen LogP contribution in [0.5, 0.6) is 6.01 Å². The zero-order valence-electron chi connectivity index (χ0n) is 34.1. The summed E-state index contributed by atoms with van der Waals surface area (Å²) in [5.41, 5.74) is -0.848. The number of likely N-dealkylation sites (N-methyl/N-ethyl adjacent to an activating group) is 1. The number of aromatic nitrogens is 3. The molecule has 314 valence electrons. The van der Waals surface area contributed by atoms with Crippen molar-refractivity contribution in [2.45, 2.75) is 103 Å². The molecule has 4 aromatic rings. The van der Waals surface area contributed by atoms with Gasteiger partial charge in [-0.05, 0) is 84.9 Å². The van der Waals surface area contributed by atoms with Crippen LogP contribution >= 0.6 is 11.3 Å². The molecule has 4 aliphatic heterocycles. The Labute approximate surface area is 343 Å². The fraction of sp³-hybridized carbons (Fsp3) is 0.561. The molecule has 0 aliphatic carbocycles. The number of ether oxygens (including phenoxy) is 4. The van der Waals surface area contributed by atoms with Gasteiger partial charge in [0.15, 0.2) is 11.6 Å². The molecular weight excluding hydrogens is 790 g/mol. The van der Waals surface area contributed by atoms with Crippen molar-refractivity contribution in [3.05, 3.63) is 34.5 Å². The quantitative estimate of drug-likeness (QED) is 0.203. The van der Waals surface area contributed by atoms with E-state index in [1.807, 2.05) is 32.7 Å². The molecule has 3 fully saturated rings. The van der Waals surface area contributed by atoms with Crippen LogP contribution in [-0.2, 0) is 27.4 Å². The van der Waals surface area contributed by atoms with Crippen LogP contribution in [0.1, 0.15) is 77.5 Å². The van der Waals surface area contributed by atoms with Crippen molar-refractivity contribution in [3.63, 3.8) is 0 Å². The first kappa shape index (κ1) is 40.8. The Morgan fingerprint density at radius 1 is 1.03 bits per heavy atom. The van der Waals surface area contributed by atoms with E-state index in [0.717, 1.165) is 30.4 Å².